The van der Waals surface area contributed by atoms with E-state index in [0.29, 0.717) is 11.8 Å². The third-order valence-corrected chi connectivity index (χ3v) is 3.75. The molecule has 122 valence electrons. The van der Waals surface area contributed by atoms with Gasteiger partial charge in [0.15, 0.2) is 5.82 Å². The average molecular weight is 386 g/mol. The van der Waals surface area contributed by atoms with Crippen molar-refractivity contribution < 1.29 is 4.74 Å². The molecule has 3 rings (SSSR count). The van der Waals surface area contributed by atoms with Crippen LogP contribution in [0.5, 0.6) is 5.75 Å². The fourth-order valence-corrected chi connectivity index (χ4v) is 2.57. The molecule has 0 atom stereocenters. The maximum atomic E-state index is 5.35. The van der Waals surface area contributed by atoms with Gasteiger partial charge in [-0.05, 0) is 42.8 Å². The molecule has 7 heteroatoms. The van der Waals surface area contributed by atoms with E-state index in [1.54, 1.807) is 13.3 Å². The Morgan fingerprint density at radius 2 is 1.96 bits per heavy atom. The van der Waals surface area contributed by atoms with E-state index in [0.717, 1.165) is 27.2 Å². The summed E-state index contributed by atoms with van der Waals surface area (Å²) in [7, 11) is 1.63. The number of nitrogens with zero attached hydrogens (tertiary/aromatic N) is 3. The number of methoxy groups -OCH3 is 1. The number of anilines is 4. The van der Waals surface area contributed by atoms with Gasteiger partial charge in [-0.1, -0.05) is 28.1 Å². The highest BCUT2D eigenvalue weighted by molar-refractivity contribution is 9.10. The first-order valence-electron chi connectivity index (χ1n) is 7.28. The Bertz CT molecular complexity index is 856. The Morgan fingerprint density at radius 3 is 2.75 bits per heavy atom. The average Bonchev–Trinajstić information content (AvgIpc) is 2.55. The van der Waals surface area contributed by atoms with Crippen LogP contribution in [-0.4, -0.2) is 22.3 Å². The van der Waals surface area contributed by atoms with Crippen LogP contribution in [0.1, 0.15) is 5.56 Å². The quantitative estimate of drug-likeness (QED) is 0.676. The van der Waals surface area contributed by atoms with Gasteiger partial charge in [0.05, 0.1) is 19.0 Å². The zero-order chi connectivity index (χ0) is 16.9. The summed E-state index contributed by atoms with van der Waals surface area (Å²) in [6.07, 6.45) is 1.57. The third-order valence-electron chi connectivity index (χ3n) is 3.26. The molecule has 0 bridgehead atoms. The lowest BCUT2D eigenvalue weighted by molar-refractivity contribution is 0.416. The molecule has 0 radical (unpaired) electrons. The van der Waals surface area contributed by atoms with Crippen molar-refractivity contribution in [2.75, 3.05) is 17.7 Å². The lowest BCUT2D eigenvalue weighted by Gasteiger charge is -2.11. The van der Waals surface area contributed by atoms with E-state index in [9.17, 15) is 0 Å². The fraction of sp³-hybridized carbons (Fsp3) is 0.118. The van der Waals surface area contributed by atoms with Crippen molar-refractivity contribution in [3.05, 3.63) is 58.7 Å². The predicted molar refractivity (Wildman–Crippen MR) is 98.3 cm³/mol. The molecule has 0 fully saturated rings. The molecule has 3 aromatic rings. The Hall–Kier alpha value is -2.67. The normalized spacial score (nSPS) is 10.3. The molecule has 0 aliphatic carbocycles. The number of halogens is 1. The molecule has 6 nitrogen and oxygen atoms in total. The lowest BCUT2D eigenvalue weighted by atomic mass is 10.2. The second-order valence-electron chi connectivity index (χ2n) is 5.13. The van der Waals surface area contributed by atoms with E-state index in [1.807, 2.05) is 49.4 Å². The van der Waals surface area contributed by atoms with Crippen molar-refractivity contribution >= 4 is 39.1 Å². The van der Waals surface area contributed by atoms with Gasteiger partial charge in [0.25, 0.3) is 0 Å². The molecule has 0 saturated carbocycles. The summed E-state index contributed by atoms with van der Waals surface area (Å²) in [5, 5.41) is 14.3. The van der Waals surface area contributed by atoms with E-state index < -0.39 is 0 Å². The number of benzene rings is 2. The summed E-state index contributed by atoms with van der Waals surface area (Å²) in [6.45, 7) is 2.01. The van der Waals surface area contributed by atoms with Gasteiger partial charge >= 0.3 is 0 Å². The highest BCUT2D eigenvalue weighted by atomic mass is 79.9. The Labute approximate surface area is 148 Å². The molecule has 1 aromatic heterocycles. The minimum atomic E-state index is 0.388. The Kier molecular flexibility index (Phi) is 4.90. The summed E-state index contributed by atoms with van der Waals surface area (Å²) in [5.41, 5.74) is 2.80. The van der Waals surface area contributed by atoms with Crippen molar-refractivity contribution in [3.63, 3.8) is 0 Å². The van der Waals surface area contributed by atoms with Crippen LogP contribution < -0.4 is 15.4 Å². The molecule has 2 N–H and O–H groups in total. The van der Waals surface area contributed by atoms with E-state index in [2.05, 4.69) is 41.7 Å². The molecule has 2 aromatic carbocycles. The maximum Gasteiger partial charge on any atom is 0.249 e. The van der Waals surface area contributed by atoms with Crippen LogP contribution in [-0.2, 0) is 0 Å². The van der Waals surface area contributed by atoms with Gasteiger partial charge in [-0.15, -0.1) is 5.10 Å². The van der Waals surface area contributed by atoms with Crippen LogP contribution in [0.3, 0.4) is 0 Å². The molecular formula is C17H16BrN5O. The largest absolute Gasteiger partial charge is 0.495 e. The summed E-state index contributed by atoms with van der Waals surface area (Å²) >= 11 is 3.44. The number of aromatic nitrogens is 3. The SMILES string of the molecule is COc1ccc(C)cc1Nc1nncc(Nc2cccc(Br)c2)n1. The maximum absolute atomic E-state index is 5.35. The summed E-state index contributed by atoms with van der Waals surface area (Å²) in [5.74, 6) is 1.70. The first kappa shape index (κ1) is 16.2. The van der Waals surface area contributed by atoms with Crippen LogP contribution in [0.4, 0.5) is 23.1 Å². The molecule has 0 aliphatic rings. The first-order valence-corrected chi connectivity index (χ1v) is 8.07. The molecular weight excluding hydrogens is 370 g/mol. The zero-order valence-corrected chi connectivity index (χ0v) is 14.8. The molecule has 0 unspecified atom stereocenters. The third kappa shape index (κ3) is 3.99. The highest BCUT2D eigenvalue weighted by Crippen LogP contribution is 2.27. The van der Waals surface area contributed by atoms with Gasteiger partial charge in [0, 0.05) is 10.2 Å². The zero-order valence-electron chi connectivity index (χ0n) is 13.2. The van der Waals surface area contributed by atoms with Crippen molar-refractivity contribution in [2.24, 2.45) is 0 Å². The lowest BCUT2D eigenvalue weighted by Crippen LogP contribution is -2.03. The highest BCUT2D eigenvalue weighted by Gasteiger charge is 2.07. The van der Waals surface area contributed by atoms with Gasteiger partial charge in [0.1, 0.15) is 5.75 Å². The van der Waals surface area contributed by atoms with Crippen molar-refractivity contribution in [1.29, 1.82) is 0 Å². The molecule has 0 amide bonds. The van der Waals surface area contributed by atoms with Crippen molar-refractivity contribution in [3.8, 4) is 5.75 Å². The van der Waals surface area contributed by atoms with Crippen LogP contribution in [0.15, 0.2) is 53.1 Å². The summed E-state index contributed by atoms with van der Waals surface area (Å²) in [4.78, 5) is 4.43. The fourth-order valence-electron chi connectivity index (χ4n) is 2.17. The number of hydrogen-bond acceptors (Lipinski definition) is 6. The minimum absolute atomic E-state index is 0.388. The minimum Gasteiger partial charge on any atom is -0.495 e. The monoisotopic (exact) mass is 385 g/mol. The van der Waals surface area contributed by atoms with Gasteiger partial charge in [-0.3, -0.25) is 0 Å². The molecule has 0 spiro atoms. The van der Waals surface area contributed by atoms with Crippen LogP contribution in [0, 0.1) is 6.92 Å². The van der Waals surface area contributed by atoms with Gasteiger partial charge in [-0.2, -0.15) is 10.1 Å². The number of ether oxygens (including phenoxy) is 1. The number of rotatable bonds is 5. The van der Waals surface area contributed by atoms with E-state index in [1.165, 1.54) is 0 Å². The van der Waals surface area contributed by atoms with E-state index in [-0.39, 0.29) is 0 Å². The molecule has 0 aliphatic heterocycles. The standard InChI is InChI=1S/C17H16BrN5O/c1-11-6-7-15(24-2)14(8-11)21-17-22-16(10-19-23-17)20-13-5-3-4-12(18)9-13/h3-10H,1-2H3,(H2,20,21,22,23). The number of nitrogens with one attached hydrogen (secondary N) is 2. The smallest absolute Gasteiger partial charge is 0.249 e. The van der Waals surface area contributed by atoms with Crippen LogP contribution in [0.2, 0.25) is 0 Å². The van der Waals surface area contributed by atoms with Crippen molar-refractivity contribution in [2.45, 2.75) is 6.92 Å². The molecule has 1 heterocycles. The second kappa shape index (κ2) is 7.27. The van der Waals surface area contributed by atoms with Gasteiger partial charge < -0.3 is 15.4 Å². The second-order valence-corrected chi connectivity index (χ2v) is 6.04. The topological polar surface area (TPSA) is 72.0 Å². The first-order chi connectivity index (χ1) is 11.6. The van der Waals surface area contributed by atoms with Crippen LogP contribution >= 0.6 is 15.9 Å². The van der Waals surface area contributed by atoms with E-state index in [4.69, 9.17) is 4.74 Å². The Morgan fingerprint density at radius 1 is 1.08 bits per heavy atom. The molecule has 0 saturated heterocycles. The van der Waals surface area contributed by atoms with Crippen molar-refractivity contribution in [1.82, 2.24) is 15.2 Å². The molecule has 24 heavy (non-hydrogen) atoms. The summed E-state index contributed by atoms with van der Waals surface area (Å²) < 4.78 is 6.34. The number of hydrogen-bond donors (Lipinski definition) is 2. The van der Waals surface area contributed by atoms with E-state index >= 15 is 0 Å². The van der Waals surface area contributed by atoms with Gasteiger partial charge in [0.2, 0.25) is 5.95 Å². The van der Waals surface area contributed by atoms with Crippen LogP contribution in [0.25, 0.3) is 0 Å². The predicted octanol–water partition coefficient (Wildman–Crippen LogP) is 4.44. The van der Waals surface area contributed by atoms with Gasteiger partial charge in [-0.25, -0.2) is 0 Å². The summed E-state index contributed by atoms with van der Waals surface area (Å²) in [6, 6.07) is 13.7. The Balaban J connectivity index is 1.82. The number of aryl methyl sites for hydroxylation is 1.